The molecule has 3 rings (SSSR count). The number of carboxylic acid groups (broad SMARTS) is 1. The van der Waals surface area contributed by atoms with Gasteiger partial charge in [0, 0.05) is 26.1 Å². The normalized spacial score (nSPS) is 23.6. The van der Waals surface area contributed by atoms with Gasteiger partial charge in [-0.1, -0.05) is 30.3 Å². The van der Waals surface area contributed by atoms with Crippen LogP contribution in [-0.2, 0) is 15.0 Å². The lowest BCUT2D eigenvalue weighted by molar-refractivity contribution is -0.148. The summed E-state index contributed by atoms with van der Waals surface area (Å²) in [7, 11) is 2.15. The summed E-state index contributed by atoms with van der Waals surface area (Å²) in [5.74, 6) is 0.0243. The van der Waals surface area contributed by atoms with E-state index in [0.717, 1.165) is 25.1 Å². The highest BCUT2D eigenvalue weighted by Gasteiger charge is 2.43. The van der Waals surface area contributed by atoms with Crippen molar-refractivity contribution in [2.45, 2.75) is 43.9 Å². The highest BCUT2D eigenvalue weighted by Crippen LogP contribution is 2.36. The molecule has 142 valence electrons. The van der Waals surface area contributed by atoms with E-state index in [1.54, 1.807) is 0 Å². The summed E-state index contributed by atoms with van der Waals surface area (Å²) >= 11 is 0. The van der Waals surface area contributed by atoms with Crippen LogP contribution in [0.25, 0.3) is 0 Å². The second kappa shape index (κ2) is 8.21. The monoisotopic (exact) mass is 358 g/mol. The van der Waals surface area contributed by atoms with E-state index in [2.05, 4.69) is 11.9 Å². The summed E-state index contributed by atoms with van der Waals surface area (Å²) < 4.78 is 0. The van der Waals surface area contributed by atoms with Crippen molar-refractivity contribution in [2.24, 2.45) is 5.92 Å². The summed E-state index contributed by atoms with van der Waals surface area (Å²) in [6.07, 6.45) is 4.95. The van der Waals surface area contributed by atoms with Crippen LogP contribution in [0, 0.1) is 5.92 Å². The van der Waals surface area contributed by atoms with Crippen LogP contribution in [0.15, 0.2) is 30.3 Å². The smallest absolute Gasteiger partial charge is 0.314 e. The number of amides is 1. The molecule has 26 heavy (non-hydrogen) atoms. The zero-order valence-corrected chi connectivity index (χ0v) is 15.7. The van der Waals surface area contributed by atoms with Crippen LogP contribution in [0.2, 0.25) is 0 Å². The molecule has 5 heteroatoms. The number of hydrogen-bond donors (Lipinski definition) is 1. The summed E-state index contributed by atoms with van der Waals surface area (Å²) in [6.45, 7) is 3.31. The number of carboxylic acids is 1. The molecule has 1 N–H and O–H groups in total. The van der Waals surface area contributed by atoms with Crippen LogP contribution in [-0.4, -0.2) is 60.0 Å². The topological polar surface area (TPSA) is 60.9 Å². The molecule has 5 nitrogen and oxygen atoms in total. The fourth-order valence-electron chi connectivity index (χ4n) is 4.52. The number of rotatable bonds is 5. The first kappa shape index (κ1) is 18.9. The second-order valence-electron chi connectivity index (χ2n) is 7.94. The number of hydrogen-bond acceptors (Lipinski definition) is 3. The van der Waals surface area contributed by atoms with Crippen LogP contribution in [0.1, 0.15) is 44.1 Å². The molecule has 1 aromatic rings. The molecular formula is C21H30N2O3. The zero-order chi connectivity index (χ0) is 18.6. The van der Waals surface area contributed by atoms with Crippen LogP contribution >= 0.6 is 0 Å². The van der Waals surface area contributed by atoms with E-state index in [4.69, 9.17) is 0 Å². The highest BCUT2D eigenvalue weighted by molar-refractivity contribution is 5.82. The summed E-state index contributed by atoms with van der Waals surface area (Å²) in [6, 6.07) is 9.47. The average Bonchev–Trinajstić information content (AvgIpc) is 2.67. The first-order valence-electron chi connectivity index (χ1n) is 9.76. The number of likely N-dealkylation sites (tertiary alicyclic amines) is 2. The fourth-order valence-corrected chi connectivity index (χ4v) is 4.52. The lowest BCUT2D eigenvalue weighted by Crippen LogP contribution is -2.49. The van der Waals surface area contributed by atoms with Gasteiger partial charge in [-0.05, 0) is 57.2 Å². The Balaban J connectivity index is 1.55. The zero-order valence-electron chi connectivity index (χ0n) is 15.7. The minimum Gasteiger partial charge on any atom is -0.481 e. The van der Waals surface area contributed by atoms with E-state index in [-0.39, 0.29) is 5.91 Å². The number of piperidine rings is 2. The molecule has 0 spiro atoms. The molecule has 0 unspecified atom stereocenters. The first-order chi connectivity index (χ1) is 12.5. The van der Waals surface area contributed by atoms with E-state index in [0.29, 0.717) is 38.3 Å². The van der Waals surface area contributed by atoms with E-state index in [1.165, 1.54) is 12.8 Å². The van der Waals surface area contributed by atoms with Gasteiger partial charge in [0.1, 0.15) is 0 Å². The van der Waals surface area contributed by atoms with Crippen molar-refractivity contribution in [1.82, 2.24) is 9.80 Å². The second-order valence-corrected chi connectivity index (χ2v) is 7.94. The molecule has 2 saturated heterocycles. The van der Waals surface area contributed by atoms with Crippen molar-refractivity contribution in [3.8, 4) is 0 Å². The average molecular weight is 358 g/mol. The third-order valence-electron chi connectivity index (χ3n) is 6.19. The van der Waals surface area contributed by atoms with Crippen LogP contribution in [0.5, 0.6) is 0 Å². The lowest BCUT2D eigenvalue weighted by atomic mass is 9.73. The van der Waals surface area contributed by atoms with Gasteiger partial charge in [0.25, 0.3) is 0 Å². The predicted molar refractivity (Wildman–Crippen MR) is 101 cm³/mol. The summed E-state index contributed by atoms with van der Waals surface area (Å²) in [5.41, 5.74) is -0.00532. The van der Waals surface area contributed by atoms with Crippen molar-refractivity contribution in [3.63, 3.8) is 0 Å². The molecular weight excluding hydrogens is 328 g/mol. The highest BCUT2D eigenvalue weighted by atomic mass is 16.4. The van der Waals surface area contributed by atoms with Gasteiger partial charge in [-0.15, -0.1) is 0 Å². The van der Waals surface area contributed by atoms with Crippen molar-refractivity contribution in [2.75, 3.05) is 33.2 Å². The van der Waals surface area contributed by atoms with E-state index >= 15 is 0 Å². The Bertz CT molecular complexity index is 623. The molecule has 0 bridgehead atoms. The Kier molecular flexibility index (Phi) is 5.97. The molecule has 2 aliphatic heterocycles. The molecule has 0 aromatic heterocycles. The molecule has 1 atom stereocenters. The molecule has 1 aromatic carbocycles. The molecule has 0 aliphatic carbocycles. The van der Waals surface area contributed by atoms with Crippen LogP contribution in [0.4, 0.5) is 0 Å². The number of benzene rings is 1. The summed E-state index contributed by atoms with van der Waals surface area (Å²) in [4.78, 5) is 28.8. The Morgan fingerprint density at radius 3 is 2.46 bits per heavy atom. The Hall–Kier alpha value is -1.88. The van der Waals surface area contributed by atoms with Crippen molar-refractivity contribution < 1.29 is 14.7 Å². The molecule has 1 amide bonds. The fraction of sp³-hybridized carbons (Fsp3) is 0.619. The van der Waals surface area contributed by atoms with Gasteiger partial charge < -0.3 is 14.9 Å². The largest absolute Gasteiger partial charge is 0.481 e. The van der Waals surface area contributed by atoms with Gasteiger partial charge in [0.15, 0.2) is 0 Å². The number of nitrogens with zero attached hydrogens (tertiary/aromatic N) is 2. The Labute approximate surface area is 156 Å². The maximum absolute atomic E-state index is 12.6. The van der Waals surface area contributed by atoms with Crippen molar-refractivity contribution in [3.05, 3.63) is 35.9 Å². The van der Waals surface area contributed by atoms with Crippen molar-refractivity contribution >= 4 is 11.9 Å². The molecule has 2 heterocycles. The van der Waals surface area contributed by atoms with Gasteiger partial charge in [-0.25, -0.2) is 0 Å². The van der Waals surface area contributed by atoms with Gasteiger partial charge in [-0.2, -0.15) is 0 Å². The van der Waals surface area contributed by atoms with Gasteiger partial charge in [-0.3, -0.25) is 9.59 Å². The Morgan fingerprint density at radius 1 is 1.15 bits per heavy atom. The third-order valence-corrected chi connectivity index (χ3v) is 6.19. The van der Waals surface area contributed by atoms with Gasteiger partial charge in [0.05, 0.1) is 5.41 Å². The quantitative estimate of drug-likeness (QED) is 0.879. The summed E-state index contributed by atoms with van der Waals surface area (Å²) in [5, 5.41) is 9.86. The number of carbonyl (C=O) groups excluding carboxylic acids is 1. The van der Waals surface area contributed by atoms with Crippen molar-refractivity contribution in [1.29, 1.82) is 0 Å². The third kappa shape index (κ3) is 4.09. The Morgan fingerprint density at radius 2 is 1.85 bits per heavy atom. The van der Waals surface area contributed by atoms with Crippen LogP contribution < -0.4 is 0 Å². The number of aliphatic carboxylic acids is 1. The molecule has 2 fully saturated rings. The predicted octanol–water partition coefficient (Wildman–Crippen LogP) is 2.75. The minimum absolute atomic E-state index is 0.185. The van der Waals surface area contributed by atoms with E-state index < -0.39 is 11.4 Å². The molecule has 0 saturated carbocycles. The SMILES string of the molecule is CN1CCC[C@H](CCC(=O)N2CCC(C(=O)O)(c3ccccc3)CC2)C1. The molecule has 2 aliphatic rings. The first-order valence-corrected chi connectivity index (χ1v) is 9.76. The van der Waals surface area contributed by atoms with E-state index in [9.17, 15) is 14.7 Å². The van der Waals surface area contributed by atoms with Gasteiger partial charge in [0.2, 0.25) is 5.91 Å². The van der Waals surface area contributed by atoms with Crippen LogP contribution in [0.3, 0.4) is 0 Å². The standard InChI is InChI=1S/C21H30N2O3/c1-22-13-5-6-17(16-22)9-10-19(24)23-14-11-21(12-15-23,20(25)26)18-7-3-2-4-8-18/h2-4,7-8,17H,5-6,9-16H2,1H3,(H,25,26)/t17-/m1/s1. The number of carbonyl (C=O) groups is 2. The maximum Gasteiger partial charge on any atom is 0.314 e. The maximum atomic E-state index is 12.6. The lowest BCUT2D eigenvalue weighted by Gasteiger charge is -2.39. The van der Waals surface area contributed by atoms with E-state index in [1.807, 2.05) is 35.2 Å². The minimum atomic E-state index is -0.857. The molecule has 0 radical (unpaired) electrons. The van der Waals surface area contributed by atoms with Gasteiger partial charge >= 0.3 is 5.97 Å².